The predicted molar refractivity (Wildman–Crippen MR) is 149 cm³/mol. The molecule has 11 heteroatoms. The third-order valence-corrected chi connectivity index (χ3v) is 6.61. The summed E-state index contributed by atoms with van der Waals surface area (Å²) in [4.78, 5) is 50.5. The highest BCUT2D eigenvalue weighted by molar-refractivity contribution is 7.98. The first-order valence-corrected chi connectivity index (χ1v) is 13.8. The number of hydrogen-bond acceptors (Lipinski definition) is 7. The van der Waals surface area contributed by atoms with Crippen molar-refractivity contribution in [3.63, 3.8) is 0 Å². The molecular weight excluding hydrogens is 512 g/mol. The minimum atomic E-state index is -1.20. The van der Waals surface area contributed by atoms with E-state index in [1.165, 1.54) is 0 Å². The van der Waals surface area contributed by atoms with Crippen molar-refractivity contribution in [2.75, 3.05) is 17.8 Å². The number of aliphatic carboxylic acids is 1. The Bertz CT molecular complexity index is 1030. The second kappa shape index (κ2) is 16.0. The Morgan fingerprint density at radius 1 is 0.811 bits per heavy atom. The first-order chi connectivity index (χ1) is 17.7. The lowest BCUT2D eigenvalue weighted by Crippen LogP contribution is -2.58. The van der Waals surface area contributed by atoms with E-state index in [0.29, 0.717) is 12.2 Å². The van der Waals surface area contributed by atoms with E-state index in [2.05, 4.69) is 28.6 Å². The molecule has 0 bridgehead atoms. The molecule has 0 saturated carbocycles. The highest BCUT2D eigenvalue weighted by atomic mass is 32.2. The zero-order valence-corrected chi connectivity index (χ0v) is 22.3. The molecule has 0 aliphatic rings. The molecule has 2 rings (SSSR count). The van der Waals surface area contributed by atoms with Crippen LogP contribution in [0.15, 0.2) is 60.7 Å². The van der Waals surface area contributed by atoms with Crippen molar-refractivity contribution in [3.8, 4) is 0 Å². The second-order valence-corrected chi connectivity index (χ2v) is 9.82. The second-order valence-electron chi connectivity index (χ2n) is 8.47. The van der Waals surface area contributed by atoms with Gasteiger partial charge in [0.15, 0.2) is 0 Å². The number of hydrogen-bond donors (Lipinski definition) is 6. The third kappa shape index (κ3) is 10.5. The van der Waals surface area contributed by atoms with Gasteiger partial charge in [0.25, 0.3) is 0 Å². The van der Waals surface area contributed by atoms with Crippen molar-refractivity contribution in [1.82, 2.24) is 16.0 Å². The van der Waals surface area contributed by atoms with Gasteiger partial charge in [-0.25, -0.2) is 4.79 Å². The summed E-state index contributed by atoms with van der Waals surface area (Å²) >= 11 is 5.74. The third-order valence-electron chi connectivity index (χ3n) is 5.60. The van der Waals surface area contributed by atoms with Gasteiger partial charge in [-0.1, -0.05) is 60.7 Å². The van der Waals surface area contributed by atoms with E-state index < -0.39 is 47.9 Å². The van der Waals surface area contributed by atoms with Crippen molar-refractivity contribution < 1.29 is 24.3 Å². The topological polar surface area (TPSA) is 151 Å². The zero-order chi connectivity index (χ0) is 27.2. The molecule has 0 saturated heterocycles. The number of rotatable bonds is 15. The van der Waals surface area contributed by atoms with E-state index in [1.807, 2.05) is 42.7 Å². The number of benzene rings is 2. The van der Waals surface area contributed by atoms with Gasteiger partial charge in [0.1, 0.15) is 18.1 Å². The number of carboxylic acids is 1. The maximum Gasteiger partial charge on any atom is 0.326 e. The van der Waals surface area contributed by atoms with Crippen molar-refractivity contribution >= 4 is 48.1 Å². The molecule has 2 aromatic rings. The molecular formula is C26H34N4O5S2. The fraction of sp³-hybridized carbons (Fsp3) is 0.385. The molecule has 6 N–H and O–H groups in total. The van der Waals surface area contributed by atoms with Crippen LogP contribution in [-0.4, -0.2) is 70.7 Å². The summed E-state index contributed by atoms with van der Waals surface area (Å²) in [6.45, 7) is 0. The van der Waals surface area contributed by atoms with Crippen molar-refractivity contribution in [1.29, 1.82) is 0 Å². The molecule has 0 aromatic heterocycles. The van der Waals surface area contributed by atoms with Crippen LogP contribution in [0.1, 0.15) is 17.5 Å². The lowest BCUT2D eigenvalue weighted by Gasteiger charge is -2.24. The van der Waals surface area contributed by atoms with Crippen LogP contribution in [0, 0.1) is 0 Å². The summed E-state index contributed by atoms with van der Waals surface area (Å²) in [5.74, 6) is -2.33. The average molecular weight is 547 g/mol. The lowest BCUT2D eigenvalue weighted by atomic mass is 10.0. The van der Waals surface area contributed by atoms with Gasteiger partial charge >= 0.3 is 5.97 Å². The standard InChI is InChI=1S/C26H34N4O5S2/c1-37-13-12-19(27)23(31)28-20(14-17-8-4-2-5-9-17)24(32)30-22(16-36)25(33)29-21(26(34)35)15-18-10-6-3-7-11-18/h2-11,19-22,36H,12-16,27H2,1H3,(H,28,31)(H,29,33)(H,30,32)(H,34,35). The molecule has 0 spiro atoms. The van der Waals surface area contributed by atoms with Crippen LogP contribution in [0.4, 0.5) is 0 Å². The van der Waals surface area contributed by atoms with Gasteiger partial charge in [0, 0.05) is 18.6 Å². The molecule has 3 amide bonds. The highest BCUT2D eigenvalue weighted by Crippen LogP contribution is 2.07. The summed E-state index contributed by atoms with van der Waals surface area (Å²) in [7, 11) is 0. The van der Waals surface area contributed by atoms with Crippen molar-refractivity contribution in [2.45, 2.75) is 43.4 Å². The molecule has 0 heterocycles. The first-order valence-electron chi connectivity index (χ1n) is 11.8. The number of thiol groups is 1. The Morgan fingerprint density at radius 3 is 1.76 bits per heavy atom. The molecule has 37 heavy (non-hydrogen) atoms. The van der Waals surface area contributed by atoms with Gasteiger partial charge in [-0.05, 0) is 29.6 Å². The molecule has 0 fully saturated rings. The number of nitrogens with two attached hydrogens (primary N) is 1. The Hall–Kier alpha value is -3.02. The normalized spacial score (nSPS) is 14.0. The minimum absolute atomic E-state index is 0.0749. The summed E-state index contributed by atoms with van der Waals surface area (Å²) in [5, 5.41) is 17.4. The Balaban J connectivity index is 2.11. The molecule has 200 valence electrons. The highest BCUT2D eigenvalue weighted by Gasteiger charge is 2.30. The number of thioether (sulfide) groups is 1. The van der Waals surface area contributed by atoms with Crippen molar-refractivity contribution in [3.05, 3.63) is 71.8 Å². The predicted octanol–water partition coefficient (Wildman–Crippen LogP) is 1.02. The SMILES string of the molecule is CSCCC(N)C(=O)NC(Cc1ccccc1)C(=O)NC(CS)C(=O)NC(Cc1ccccc1)C(=O)O. The van der Waals surface area contributed by atoms with Crippen LogP contribution in [-0.2, 0) is 32.0 Å². The van der Waals surface area contributed by atoms with Gasteiger partial charge in [0.2, 0.25) is 17.7 Å². The summed E-state index contributed by atoms with van der Waals surface area (Å²) in [5.41, 5.74) is 7.53. The van der Waals surface area contributed by atoms with Gasteiger partial charge in [-0.2, -0.15) is 24.4 Å². The smallest absolute Gasteiger partial charge is 0.326 e. The van der Waals surface area contributed by atoms with Crippen LogP contribution < -0.4 is 21.7 Å². The number of amides is 3. The molecule has 0 radical (unpaired) electrons. The number of carboxylic acid groups (broad SMARTS) is 1. The molecule has 0 aliphatic carbocycles. The molecule has 4 atom stereocenters. The monoisotopic (exact) mass is 546 g/mol. The number of carbonyl (C=O) groups excluding carboxylic acids is 3. The fourth-order valence-electron chi connectivity index (χ4n) is 3.50. The maximum atomic E-state index is 13.2. The van der Waals surface area contributed by atoms with E-state index >= 15 is 0 Å². The van der Waals surface area contributed by atoms with Crippen LogP contribution in [0.3, 0.4) is 0 Å². The summed E-state index contributed by atoms with van der Waals surface area (Å²) in [6, 6.07) is 13.9. The minimum Gasteiger partial charge on any atom is -0.480 e. The van der Waals surface area contributed by atoms with Crippen LogP contribution in [0.25, 0.3) is 0 Å². The molecule has 0 aliphatic heterocycles. The van der Waals surface area contributed by atoms with Gasteiger partial charge in [-0.15, -0.1) is 0 Å². The van der Waals surface area contributed by atoms with E-state index in [4.69, 9.17) is 5.73 Å². The van der Waals surface area contributed by atoms with E-state index in [1.54, 1.807) is 36.0 Å². The Kier molecular flexibility index (Phi) is 13.0. The van der Waals surface area contributed by atoms with E-state index in [9.17, 15) is 24.3 Å². The van der Waals surface area contributed by atoms with Gasteiger partial charge < -0.3 is 26.8 Å². The number of carbonyl (C=O) groups is 4. The largest absolute Gasteiger partial charge is 0.480 e. The summed E-state index contributed by atoms with van der Waals surface area (Å²) < 4.78 is 0. The molecule has 9 nitrogen and oxygen atoms in total. The summed E-state index contributed by atoms with van der Waals surface area (Å²) in [6.07, 6.45) is 2.62. The van der Waals surface area contributed by atoms with Gasteiger partial charge in [0.05, 0.1) is 6.04 Å². The fourth-order valence-corrected chi connectivity index (χ4v) is 4.25. The lowest BCUT2D eigenvalue weighted by molar-refractivity contribution is -0.142. The first kappa shape index (κ1) is 30.2. The zero-order valence-electron chi connectivity index (χ0n) is 20.6. The number of nitrogens with one attached hydrogen (secondary N) is 3. The quantitative estimate of drug-likeness (QED) is 0.183. The van der Waals surface area contributed by atoms with E-state index in [-0.39, 0.29) is 18.6 Å². The Morgan fingerprint density at radius 2 is 1.27 bits per heavy atom. The van der Waals surface area contributed by atoms with Gasteiger partial charge in [-0.3, -0.25) is 14.4 Å². The van der Waals surface area contributed by atoms with Crippen molar-refractivity contribution in [2.24, 2.45) is 5.73 Å². The van der Waals surface area contributed by atoms with E-state index in [0.717, 1.165) is 11.1 Å². The van der Waals surface area contributed by atoms with Crippen LogP contribution >= 0.6 is 24.4 Å². The Labute approximate surface area is 226 Å². The van der Waals surface area contributed by atoms with Crippen LogP contribution in [0.2, 0.25) is 0 Å². The van der Waals surface area contributed by atoms with Crippen LogP contribution in [0.5, 0.6) is 0 Å². The molecule has 2 aromatic carbocycles. The average Bonchev–Trinajstić information content (AvgIpc) is 2.90. The molecule has 4 unspecified atom stereocenters. The maximum absolute atomic E-state index is 13.2.